The summed E-state index contributed by atoms with van der Waals surface area (Å²) < 4.78 is 37.6. The lowest BCUT2D eigenvalue weighted by molar-refractivity contribution is -0.140. The maximum Gasteiger partial charge on any atom is 0.434 e. The van der Waals surface area contributed by atoms with E-state index in [-0.39, 0.29) is 0 Å². The predicted molar refractivity (Wildman–Crippen MR) is 97.8 cm³/mol. The Hall–Kier alpha value is -1.87. The van der Waals surface area contributed by atoms with Crippen molar-refractivity contribution < 1.29 is 13.2 Å². The number of aliphatic imine (C=N–C) groups is 1. The lowest BCUT2D eigenvalue weighted by Gasteiger charge is -2.11. The summed E-state index contributed by atoms with van der Waals surface area (Å²) in [4.78, 5) is 12.0. The molecule has 0 atom stereocenters. The molecule has 0 spiro atoms. The van der Waals surface area contributed by atoms with Crippen LogP contribution in [0.4, 0.5) is 13.2 Å². The molecule has 0 aliphatic carbocycles. The smallest absolute Gasteiger partial charge is 0.357 e. The van der Waals surface area contributed by atoms with Crippen molar-refractivity contribution in [2.75, 3.05) is 19.6 Å². The summed E-state index contributed by atoms with van der Waals surface area (Å²) in [7, 11) is 0. The molecule has 0 aliphatic rings. The van der Waals surface area contributed by atoms with Crippen LogP contribution in [0.5, 0.6) is 0 Å². The number of rotatable bonds is 7. The van der Waals surface area contributed by atoms with E-state index in [4.69, 9.17) is 11.6 Å². The van der Waals surface area contributed by atoms with Gasteiger partial charge in [-0.1, -0.05) is 17.7 Å². The fourth-order valence-electron chi connectivity index (χ4n) is 2.04. The molecule has 0 aromatic carbocycles. The number of nitrogens with zero attached hydrogens (tertiary/aromatic N) is 3. The molecule has 0 saturated carbocycles. The van der Waals surface area contributed by atoms with Gasteiger partial charge in [0.15, 0.2) is 11.7 Å². The number of alkyl halides is 3. The third-order valence-corrected chi connectivity index (χ3v) is 4.41. The second-order valence-electron chi connectivity index (χ2n) is 5.30. The first-order chi connectivity index (χ1) is 12.4. The first kappa shape index (κ1) is 20.4. The summed E-state index contributed by atoms with van der Waals surface area (Å²) in [5.74, 6) is 0.613. The van der Waals surface area contributed by atoms with Gasteiger partial charge in [-0.05, 0) is 25.0 Å². The maximum atomic E-state index is 12.5. The molecule has 0 fully saturated rings. The molecule has 2 N–H and O–H groups in total. The van der Waals surface area contributed by atoms with Gasteiger partial charge in [0.05, 0.1) is 5.01 Å². The number of halogens is 4. The minimum absolute atomic E-state index is 0.350. The van der Waals surface area contributed by atoms with Gasteiger partial charge < -0.3 is 10.6 Å². The van der Waals surface area contributed by atoms with E-state index in [1.165, 1.54) is 0 Å². The molecule has 26 heavy (non-hydrogen) atoms. The first-order valence-corrected chi connectivity index (χ1v) is 9.28. The number of pyridine rings is 1. The quantitative estimate of drug-likeness (QED) is 0.420. The van der Waals surface area contributed by atoms with Crippen LogP contribution in [0.2, 0.25) is 5.15 Å². The molecular weight excluding hydrogens is 387 g/mol. The van der Waals surface area contributed by atoms with Gasteiger partial charge in [0.1, 0.15) is 5.15 Å². The highest BCUT2D eigenvalue weighted by Gasteiger charge is 2.33. The Labute approximate surface area is 158 Å². The standard InChI is InChI=1S/C16H19ClF3N5S/c1-2-21-15(22-7-5-11-3-4-13(17)24-9-11)23-8-6-14-25-12(10-26-14)16(18,19)20/h3-4,9-10H,2,5-8H2,1H3,(H2,21,22,23). The van der Waals surface area contributed by atoms with Crippen molar-refractivity contribution in [1.82, 2.24) is 20.6 Å². The molecule has 142 valence electrons. The van der Waals surface area contributed by atoms with E-state index >= 15 is 0 Å². The van der Waals surface area contributed by atoms with Crippen LogP contribution < -0.4 is 10.6 Å². The van der Waals surface area contributed by atoms with Gasteiger partial charge in [-0.25, -0.2) is 9.97 Å². The third-order valence-electron chi connectivity index (χ3n) is 3.28. The number of guanidine groups is 1. The number of hydrogen-bond acceptors (Lipinski definition) is 4. The lowest BCUT2D eigenvalue weighted by Crippen LogP contribution is -2.38. The Kier molecular flexibility index (Phi) is 7.65. The van der Waals surface area contributed by atoms with E-state index in [1.807, 2.05) is 13.0 Å². The molecule has 2 heterocycles. The fraction of sp³-hybridized carbons (Fsp3) is 0.438. The molecule has 10 heteroatoms. The van der Waals surface area contributed by atoms with E-state index in [0.717, 1.165) is 28.7 Å². The lowest BCUT2D eigenvalue weighted by atomic mass is 10.2. The van der Waals surface area contributed by atoms with E-state index in [0.29, 0.717) is 42.2 Å². The third kappa shape index (κ3) is 6.80. The van der Waals surface area contributed by atoms with Crippen molar-refractivity contribution in [3.05, 3.63) is 45.1 Å². The summed E-state index contributed by atoms with van der Waals surface area (Å²) in [6.45, 7) is 3.62. The highest BCUT2D eigenvalue weighted by atomic mass is 35.5. The van der Waals surface area contributed by atoms with E-state index < -0.39 is 11.9 Å². The van der Waals surface area contributed by atoms with Gasteiger partial charge in [-0.2, -0.15) is 13.2 Å². The zero-order valence-corrected chi connectivity index (χ0v) is 15.7. The van der Waals surface area contributed by atoms with Crippen LogP contribution in [0.1, 0.15) is 23.2 Å². The van der Waals surface area contributed by atoms with Gasteiger partial charge in [-0.3, -0.25) is 4.99 Å². The Morgan fingerprint density at radius 1 is 1.27 bits per heavy atom. The fourth-order valence-corrected chi connectivity index (χ4v) is 2.95. The highest BCUT2D eigenvalue weighted by Crippen LogP contribution is 2.30. The molecule has 0 unspecified atom stereocenters. The monoisotopic (exact) mass is 405 g/mol. The van der Waals surface area contributed by atoms with Crippen molar-refractivity contribution in [1.29, 1.82) is 0 Å². The molecule has 0 radical (unpaired) electrons. The van der Waals surface area contributed by atoms with Crippen LogP contribution in [0.3, 0.4) is 0 Å². The number of thiazole rings is 1. The van der Waals surface area contributed by atoms with Crippen LogP contribution in [0, 0.1) is 0 Å². The average molecular weight is 406 g/mol. The number of hydrogen-bond donors (Lipinski definition) is 2. The van der Waals surface area contributed by atoms with Crippen molar-refractivity contribution in [3.63, 3.8) is 0 Å². The van der Waals surface area contributed by atoms with Crippen LogP contribution in [-0.2, 0) is 19.0 Å². The molecule has 0 bridgehead atoms. The Morgan fingerprint density at radius 3 is 2.69 bits per heavy atom. The summed E-state index contributed by atoms with van der Waals surface area (Å²) in [5.41, 5.74) is 0.197. The highest BCUT2D eigenvalue weighted by molar-refractivity contribution is 7.09. The second-order valence-corrected chi connectivity index (χ2v) is 6.63. The second kappa shape index (κ2) is 9.72. The molecule has 5 nitrogen and oxygen atoms in total. The molecule has 0 amide bonds. The molecule has 2 aromatic rings. The SMILES string of the molecule is CCNC(=NCCc1nc(C(F)(F)F)cs1)NCCc1ccc(Cl)nc1. The average Bonchev–Trinajstić information content (AvgIpc) is 3.06. The van der Waals surface area contributed by atoms with Gasteiger partial charge in [0.2, 0.25) is 0 Å². The number of nitrogens with one attached hydrogen (secondary N) is 2. The Bertz CT molecular complexity index is 715. The normalized spacial score (nSPS) is 12.3. The first-order valence-electron chi connectivity index (χ1n) is 8.02. The molecule has 2 aromatic heterocycles. The van der Waals surface area contributed by atoms with Gasteiger partial charge >= 0.3 is 6.18 Å². The Balaban J connectivity index is 1.82. The predicted octanol–water partition coefficient (Wildman–Crippen LogP) is 3.55. The summed E-state index contributed by atoms with van der Waals surface area (Å²) in [6.07, 6.45) is -1.58. The molecular formula is C16H19ClF3N5S. The molecule has 2 rings (SSSR count). The van der Waals surface area contributed by atoms with Crippen LogP contribution in [0.25, 0.3) is 0 Å². The maximum absolute atomic E-state index is 12.5. The minimum atomic E-state index is -4.40. The van der Waals surface area contributed by atoms with Crippen molar-refractivity contribution in [2.45, 2.75) is 25.9 Å². The summed E-state index contributed by atoms with van der Waals surface area (Å²) in [5, 5.41) is 8.18. The molecule has 0 saturated heterocycles. The van der Waals surface area contributed by atoms with E-state index in [9.17, 15) is 13.2 Å². The van der Waals surface area contributed by atoms with Gasteiger partial charge in [0.25, 0.3) is 0 Å². The van der Waals surface area contributed by atoms with E-state index in [1.54, 1.807) is 12.3 Å². The van der Waals surface area contributed by atoms with Crippen molar-refractivity contribution in [3.8, 4) is 0 Å². The zero-order valence-electron chi connectivity index (χ0n) is 14.1. The molecule has 0 aliphatic heterocycles. The van der Waals surface area contributed by atoms with Crippen molar-refractivity contribution >= 4 is 28.9 Å². The van der Waals surface area contributed by atoms with E-state index in [2.05, 4.69) is 25.6 Å². The Morgan fingerprint density at radius 2 is 2.08 bits per heavy atom. The zero-order chi connectivity index (χ0) is 19.0. The minimum Gasteiger partial charge on any atom is -0.357 e. The van der Waals surface area contributed by atoms with Gasteiger partial charge in [-0.15, -0.1) is 11.3 Å². The largest absolute Gasteiger partial charge is 0.434 e. The van der Waals surface area contributed by atoms with Crippen molar-refractivity contribution in [2.24, 2.45) is 4.99 Å². The van der Waals surface area contributed by atoms with Crippen LogP contribution in [-0.4, -0.2) is 35.6 Å². The topological polar surface area (TPSA) is 62.2 Å². The van der Waals surface area contributed by atoms with Crippen LogP contribution in [0.15, 0.2) is 28.7 Å². The summed E-state index contributed by atoms with van der Waals surface area (Å²) in [6, 6.07) is 3.64. The summed E-state index contributed by atoms with van der Waals surface area (Å²) >= 11 is 6.75. The van der Waals surface area contributed by atoms with Gasteiger partial charge in [0, 0.05) is 37.6 Å². The number of aromatic nitrogens is 2. The van der Waals surface area contributed by atoms with Crippen LogP contribution >= 0.6 is 22.9 Å².